The van der Waals surface area contributed by atoms with Crippen LogP contribution in [-0.4, -0.2) is 34.1 Å². The van der Waals surface area contributed by atoms with Crippen molar-refractivity contribution >= 4 is 5.78 Å². The molecule has 5 heteroatoms. The third kappa shape index (κ3) is 2.73. The van der Waals surface area contributed by atoms with Gasteiger partial charge in [0.05, 0.1) is 12.5 Å². The number of carbonyl (C=O) groups is 1. The highest BCUT2D eigenvalue weighted by Crippen LogP contribution is 2.20. The molecular weight excluding hydrogens is 218 g/mol. The molecule has 5 nitrogen and oxygen atoms in total. The van der Waals surface area contributed by atoms with Crippen molar-refractivity contribution < 1.29 is 9.53 Å². The molecule has 0 aromatic carbocycles. The van der Waals surface area contributed by atoms with Crippen LogP contribution in [0.4, 0.5) is 0 Å². The van der Waals surface area contributed by atoms with Crippen LogP contribution in [0.1, 0.15) is 25.6 Å². The smallest absolute Gasteiger partial charge is 0.169 e. The molecule has 0 spiro atoms. The van der Waals surface area contributed by atoms with Crippen molar-refractivity contribution in [3.05, 3.63) is 18.2 Å². The highest BCUT2D eigenvalue weighted by Gasteiger charge is 2.30. The molecule has 17 heavy (non-hydrogen) atoms. The molecule has 2 N–H and O–H groups in total. The minimum absolute atomic E-state index is 0.0508. The number of aromatic nitrogens is 2. The third-order valence-corrected chi connectivity index (χ3v) is 3.20. The molecule has 0 radical (unpaired) electrons. The monoisotopic (exact) mass is 237 g/mol. The maximum atomic E-state index is 12.0. The van der Waals surface area contributed by atoms with E-state index >= 15 is 0 Å². The van der Waals surface area contributed by atoms with E-state index in [1.165, 1.54) is 0 Å². The second kappa shape index (κ2) is 5.42. The number of ether oxygens (including phenoxy) is 1. The highest BCUT2D eigenvalue weighted by molar-refractivity contribution is 5.84. The molecule has 94 valence electrons. The zero-order valence-electron chi connectivity index (χ0n) is 10.1. The number of nitrogens with two attached hydrogens (primary N) is 1. The normalized spacial score (nSPS) is 24.1. The summed E-state index contributed by atoms with van der Waals surface area (Å²) in [5.41, 5.74) is 5.53. The second-order valence-electron chi connectivity index (χ2n) is 4.33. The lowest BCUT2D eigenvalue weighted by Crippen LogP contribution is -2.27. The van der Waals surface area contributed by atoms with E-state index in [4.69, 9.17) is 10.5 Å². The first kappa shape index (κ1) is 12.3. The van der Waals surface area contributed by atoms with Crippen LogP contribution in [0.25, 0.3) is 0 Å². The van der Waals surface area contributed by atoms with Gasteiger partial charge in [-0.05, 0) is 19.8 Å². The van der Waals surface area contributed by atoms with Crippen LogP contribution >= 0.6 is 0 Å². The number of aryl methyl sites for hydroxylation is 1. The summed E-state index contributed by atoms with van der Waals surface area (Å²) in [6.45, 7) is 3.36. The summed E-state index contributed by atoms with van der Waals surface area (Å²) in [4.78, 5) is 16.2. The van der Waals surface area contributed by atoms with E-state index in [1.807, 2.05) is 17.7 Å². The van der Waals surface area contributed by atoms with Crippen molar-refractivity contribution in [2.75, 3.05) is 6.54 Å². The van der Waals surface area contributed by atoms with Crippen LogP contribution in [0.3, 0.4) is 0 Å². The summed E-state index contributed by atoms with van der Waals surface area (Å²) < 4.78 is 7.56. The molecule has 1 saturated heterocycles. The summed E-state index contributed by atoms with van der Waals surface area (Å²) in [5.74, 6) is 0.930. The van der Waals surface area contributed by atoms with E-state index in [2.05, 4.69) is 4.98 Å². The van der Waals surface area contributed by atoms with Gasteiger partial charge in [0.2, 0.25) is 0 Å². The van der Waals surface area contributed by atoms with E-state index in [9.17, 15) is 4.79 Å². The molecule has 0 aliphatic carbocycles. The van der Waals surface area contributed by atoms with Gasteiger partial charge < -0.3 is 15.0 Å². The van der Waals surface area contributed by atoms with Crippen LogP contribution in [0.2, 0.25) is 0 Å². The molecule has 2 heterocycles. The Morgan fingerprint density at radius 3 is 3.12 bits per heavy atom. The predicted octanol–water partition coefficient (Wildman–Crippen LogP) is 0.521. The van der Waals surface area contributed by atoms with Gasteiger partial charge >= 0.3 is 0 Å². The predicted molar refractivity (Wildman–Crippen MR) is 63.6 cm³/mol. The summed E-state index contributed by atoms with van der Waals surface area (Å²) >= 11 is 0. The van der Waals surface area contributed by atoms with Crippen molar-refractivity contribution in [3.63, 3.8) is 0 Å². The van der Waals surface area contributed by atoms with Crippen molar-refractivity contribution in [2.45, 2.75) is 44.9 Å². The molecule has 1 aliphatic heterocycles. The Kier molecular flexibility index (Phi) is 3.91. The number of Topliss-reactive ketones (excluding diaryl/α,β-unsaturated/α-hetero) is 1. The van der Waals surface area contributed by atoms with Gasteiger partial charge in [0.1, 0.15) is 11.9 Å². The molecule has 2 atom stereocenters. The summed E-state index contributed by atoms with van der Waals surface area (Å²) in [5, 5.41) is 0. The first-order valence-electron chi connectivity index (χ1n) is 6.12. The molecule has 2 unspecified atom stereocenters. The SMILES string of the molecule is CCn1ccnc1CC(=O)C1CCC(CN)O1. The van der Waals surface area contributed by atoms with Gasteiger partial charge in [-0.15, -0.1) is 0 Å². The fraction of sp³-hybridized carbons (Fsp3) is 0.667. The number of hydrogen-bond donors (Lipinski definition) is 1. The molecule has 0 bridgehead atoms. The van der Waals surface area contributed by atoms with Gasteiger partial charge in [0.15, 0.2) is 5.78 Å². The zero-order valence-corrected chi connectivity index (χ0v) is 10.1. The zero-order chi connectivity index (χ0) is 12.3. The van der Waals surface area contributed by atoms with Gasteiger partial charge in [-0.25, -0.2) is 4.98 Å². The molecule has 0 amide bonds. The standard InChI is InChI=1S/C12H19N3O2/c1-2-15-6-5-14-12(15)7-10(16)11-4-3-9(8-13)17-11/h5-6,9,11H,2-4,7-8,13H2,1H3. The van der Waals surface area contributed by atoms with Gasteiger partial charge in [-0.2, -0.15) is 0 Å². The van der Waals surface area contributed by atoms with E-state index in [1.54, 1.807) is 6.20 Å². The fourth-order valence-corrected chi connectivity index (χ4v) is 2.18. The fourth-order valence-electron chi connectivity index (χ4n) is 2.18. The van der Waals surface area contributed by atoms with E-state index < -0.39 is 0 Å². The molecule has 1 aliphatic rings. The lowest BCUT2D eigenvalue weighted by molar-refractivity contribution is -0.129. The Morgan fingerprint density at radius 2 is 2.47 bits per heavy atom. The molecule has 1 aromatic heterocycles. The summed E-state index contributed by atoms with van der Waals surface area (Å²) in [7, 11) is 0. The van der Waals surface area contributed by atoms with Crippen LogP contribution in [0.15, 0.2) is 12.4 Å². The van der Waals surface area contributed by atoms with Crippen LogP contribution in [0.5, 0.6) is 0 Å². The van der Waals surface area contributed by atoms with Gasteiger partial charge in [0, 0.05) is 25.5 Å². The molecule has 1 aromatic rings. The molecular formula is C12H19N3O2. The topological polar surface area (TPSA) is 70.1 Å². The first-order chi connectivity index (χ1) is 8.24. The van der Waals surface area contributed by atoms with Gasteiger partial charge in [0.25, 0.3) is 0 Å². The van der Waals surface area contributed by atoms with Gasteiger partial charge in [-0.1, -0.05) is 0 Å². The van der Waals surface area contributed by atoms with Crippen LogP contribution in [-0.2, 0) is 22.5 Å². The number of imidazole rings is 1. The number of ketones is 1. The van der Waals surface area contributed by atoms with Crippen LogP contribution < -0.4 is 5.73 Å². The average Bonchev–Trinajstić information content (AvgIpc) is 2.96. The first-order valence-corrected chi connectivity index (χ1v) is 6.12. The Balaban J connectivity index is 1.93. The Hall–Kier alpha value is -1.20. The van der Waals surface area contributed by atoms with Crippen molar-refractivity contribution in [1.29, 1.82) is 0 Å². The lowest BCUT2D eigenvalue weighted by Gasteiger charge is -2.11. The molecule has 0 saturated carbocycles. The lowest BCUT2D eigenvalue weighted by atomic mass is 10.1. The van der Waals surface area contributed by atoms with E-state index in [0.717, 1.165) is 25.2 Å². The van der Waals surface area contributed by atoms with E-state index in [0.29, 0.717) is 13.0 Å². The quantitative estimate of drug-likeness (QED) is 0.810. The summed E-state index contributed by atoms with van der Waals surface area (Å²) in [6.07, 6.45) is 5.40. The highest BCUT2D eigenvalue weighted by atomic mass is 16.5. The maximum Gasteiger partial charge on any atom is 0.169 e. The summed E-state index contributed by atoms with van der Waals surface area (Å²) in [6, 6.07) is 0. The van der Waals surface area contributed by atoms with Gasteiger partial charge in [-0.3, -0.25) is 4.79 Å². The number of hydrogen-bond acceptors (Lipinski definition) is 4. The minimum Gasteiger partial charge on any atom is -0.366 e. The molecule has 2 rings (SSSR count). The molecule has 1 fully saturated rings. The number of nitrogens with zero attached hydrogens (tertiary/aromatic N) is 2. The van der Waals surface area contributed by atoms with Crippen molar-refractivity contribution in [3.8, 4) is 0 Å². The number of rotatable bonds is 5. The Bertz CT molecular complexity index is 389. The third-order valence-electron chi connectivity index (χ3n) is 3.20. The largest absolute Gasteiger partial charge is 0.366 e. The van der Waals surface area contributed by atoms with Crippen LogP contribution in [0, 0.1) is 0 Å². The van der Waals surface area contributed by atoms with Crippen molar-refractivity contribution in [2.24, 2.45) is 5.73 Å². The van der Waals surface area contributed by atoms with Crippen molar-refractivity contribution in [1.82, 2.24) is 9.55 Å². The number of carbonyl (C=O) groups excluding carboxylic acids is 1. The maximum absolute atomic E-state index is 12.0. The average molecular weight is 237 g/mol. The van der Waals surface area contributed by atoms with E-state index in [-0.39, 0.29) is 18.0 Å². The Labute approximate surface area is 101 Å². The minimum atomic E-state index is -0.287. The second-order valence-corrected chi connectivity index (χ2v) is 4.33. The Morgan fingerprint density at radius 1 is 1.65 bits per heavy atom.